The first-order valence-electron chi connectivity index (χ1n) is 9.98. The van der Waals surface area contributed by atoms with E-state index < -0.39 is 0 Å². The Morgan fingerprint density at radius 2 is 1.92 bits per heavy atom. The minimum Gasteiger partial charge on any atom is -0.462 e. The van der Waals surface area contributed by atoms with Gasteiger partial charge in [-0.25, -0.2) is 0 Å². The fourth-order valence-corrected chi connectivity index (χ4v) is 5.65. The lowest BCUT2D eigenvalue weighted by Crippen LogP contribution is -2.50. The summed E-state index contributed by atoms with van der Waals surface area (Å²) in [6.07, 6.45) is 9.64. The number of hydrogen-bond acceptors (Lipinski definition) is 4. The van der Waals surface area contributed by atoms with Crippen molar-refractivity contribution >= 4 is 11.9 Å². The molecule has 4 nitrogen and oxygen atoms in total. The van der Waals surface area contributed by atoms with Gasteiger partial charge in [0.15, 0.2) is 0 Å². The van der Waals surface area contributed by atoms with Crippen molar-refractivity contribution in [3.8, 4) is 0 Å². The quantitative estimate of drug-likeness (QED) is 0.679. The SMILES string of the molecule is CC(=O)OC1=CC2=CCC3C(CCC(C)([C@H](C)OC(C)=O)C3C)C2CC1. The summed E-state index contributed by atoms with van der Waals surface area (Å²) in [6.45, 7) is 9.66. The smallest absolute Gasteiger partial charge is 0.307 e. The van der Waals surface area contributed by atoms with Gasteiger partial charge >= 0.3 is 11.9 Å². The molecule has 0 radical (unpaired) electrons. The van der Waals surface area contributed by atoms with E-state index in [2.05, 4.69) is 32.9 Å². The second kappa shape index (κ2) is 7.21. The number of fused-ring (bicyclic) bond motifs is 3. The van der Waals surface area contributed by atoms with Gasteiger partial charge < -0.3 is 9.47 Å². The minimum atomic E-state index is -0.231. The normalized spacial score (nSPS) is 37.4. The maximum absolute atomic E-state index is 11.4. The van der Waals surface area contributed by atoms with E-state index in [4.69, 9.17) is 9.47 Å². The molecule has 0 aromatic rings. The van der Waals surface area contributed by atoms with Crippen LogP contribution >= 0.6 is 0 Å². The molecular weight excluding hydrogens is 328 g/mol. The van der Waals surface area contributed by atoms with E-state index in [9.17, 15) is 9.59 Å². The molecule has 3 aliphatic rings. The van der Waals surface area contributed by atoms with Crippen molar-refractivity contribution in [2.24, 2.45) is 29.1 Å². The Kier molecular flexibility index (Phi) is 5.32. The third kappa shape index (κ3) is 3.47. The van der Waals surface area contributed by atoms with E-state index in [1.54, 1.807) is 0 Å². The molecule has 5 unspecified atom stereocenters. The third-order valence-corrected chi connectivity index (χ3v) is 7.40. The van der Waals surface area contributed by atoms with Crippen molar-refractivity contribution in [3.05, 3.63) is 23.5 Å². The molecule has 26 heavy (non-hydrogen) atoms. The van der Waals surface area contributed by atoms with Gasteiger partial charge in [-0.2, -0.15) is 0 Å². The number of ether oxygens (including phenoxy) is 2. The van der Waals surface area contributed by atoms with Crippen LogP contribution in [0.1, 0.15) is 66.7 Å². The van der Waals surface area contributed by atoms with Gasteiger partial charge in [-0.15, -0.1) is 0 Å². The summed E-state index contributed by atoms with van der Waals surface area (Å²) in [7, 11) is 0. The van der Waals surface area contributed by atoms with E-state index in [1.807, 2.05) is 0 Å². The van der Waals surface area contributed by atoms with Crippen LogP contribution in [0.15, 0.2) is 23.5 Å². The fraction of sp³-hybridized carbons (Fsp3) is 0.727. The molecule has 0 amide bonds. The van der Waals surface area contributed by atoms with E-state index >= 15 is 0 Å². The molecular formula is C22H32O4. The van der Waals surface area contributed by atoms with E-state index in [0.29, 0.717) is 23.7 Å². The van der Waals surface area contributed by atoms with Gasteiger partial charge in [0.05, 0.1) is 0 Å². The summed E-state index contributed by atoms with van der Waals surface area (Å²) in [4.78, 5) is 22.7. The molecule has 1 fully saturated rings. The van der Waals surface area contributed by atoms with Gasteiger partial charge in [0.2, 0.25) is 0 Å². The first kappa shape index (κ1) is 19.2. The van der Waals surface area contributed by atoms with Crippen LogP contribution < -0.4 is 0 Å². The largest absolute Gasteiger partial charge is 0.462 e. The number of carbonyl (C=O) groups excluding carboxylic acids is 2. The zero-order valence-electron chi connectivity index (χ0n) is 16.7. The Hall–Kier alpha value is -1.58. The Morgan fingerprint density at radius 1 is 1.19 bits per heavy atom. The number of carbonyl (C=O) groups is 2. The van der Waals surface area contributed by atoms with Gasteiger partial charge in [-0.1, -0.05) is 19.9 Å². The van der Waals surface area contributed by atoms with Crippen LogP contribution in [0.5, 0.6) is 0 Å². The van der Waals surface area contributed by atoms with Crippen LogP contribution in [0.2, 0.25) is 0 Å². The highest BCUT2D eigenvalue weighted by Gasteiger charge is 2.51. The molecule has 1 saturated carbocycles. The van der Waals surface area contributed by atoms with Crippen LogP contribution in [-0.2, 0) is 19.1 Å². The predicted molar refractivity (Wildman–Crippen MR) is 100.0 cm³/mol. The monoisotopic (exact) mass is 360 g/mol. The molecule has 0 heterocycles. The van der Waals surface area contributed by atoms with E-state index in [0.717, 1.165) is 31.4 Å². The molecule has 0 aromatic carbocycles. The van der Waals surface area contributed by atoms with Gasteiger partial charge in [0.1, 0.15) is 11.9 Å². The van der Waals surface area contributed by atoms with Crippen LogP contribution in [0.3, 0.4) is 0 Å². The zero-order valence-corrected chi connectivity index (χ0v) is 16.7. The molecule has 6 atom stereocenters. The van der Waals surface area contributed by atoms with Crippen molar-refractivity contribution < 1.29 is 19.1 Å². The Bertz CT molecular complexity index is 647. The predicted octanol–water partition coefficient (Wildman–Crippen LogP) is 4.79. The maximum atomic E-state index is 11.4. The summed E-state index contributed by atoms with van der Waals surface area (Å²) in [5, 5.41) is 0. The van der Waals surface area contributed by atoms with Crippen LogP contribution in [0.4, 0.5) is 0 Å². The number of allylic oxidation sites excluding steroid dienone is 4. The first-order chi connectivity index (χ1) is 12.2. The number of hydrogen-bond donors (Lipinski definition) is 0. The van der Waals surface area contributed by atoms with Crippen molar-refractivity contribution in [2.75, 3.05) is 0 Å². The Labute approximate surface area is 157 Å². The molecule has 0 bridgehead atoms. The fourth-order valence-electron chi connectivity index (χ4n) is 5.65. The summed E-state index contributed by atoms with van der Waals surface area (Å²) in [6, 6.07) is 0. The highest BCUT2D eigenvalue weighted by atomic mass is 16.5. The molecule has 0 aliphatic heterocycles. The second-order valence-electron chi connectivity index (χ2n) is 8.70. The molecule has 3 rings (SSSR count). The zero-order chi connectivity index (χ0) is 19.1. The highest BCUT2D eigenvalue weighted by molar-refractivity contribution is 5.67. The lowest BCUT2D eigenvalue weighted by Gasteiger charge is -2.54. The van der Waals surface area contributed by atoms with Gasteiger partial charge in [0, 0.05) is 25.7 Å². The highest BCUT2D eigenvalue weighted by Crippen LogP contribution is 2.56. The number of esters is 2. The van der Waals surface area contributed by atoms with Crippen molar-refractivity contribution in [3.63, 3.8) is 0 Å². The summed E-state index contributed by atoms with van der Waals surface area (Å²) < 4.78 is 10.9. The molecule has 144 valence electrons. The van der Waals surface area contributed by atoms with Crippen LogP contribution in [0.25, 0.3) is 0 Å². The Balaban J connectivity index is 1.78. The summed E-state index contributed by atoms with van der Waals surface area (Å²) in [5.74, 6) is 2.79. The standard InChI is InChI=1S/C22H32O4/c1-13-19-8-6-17-12-18(26-16(4)24)7-9-20(17)21(19)10-11-22(13,5)14(2)25-15(3)23/h6,12-14,19-21H,7-11H2,1-5H3/t13?,14-,19?,20?,21?,22?/m0/s1. The average Bonchev–Trinajstić information content (AvgIpc) is 2.56. The maximum Gasteiger partial charge on any atom is 0.307 e. The topological polar surface area (TPSA) is 52.6 Å². The molecule has 0 aromatic heterocycles. The Morgan fingerprint density at radius 3 is 2.58 bits per heavy atom. The minimum absolute atomic E-state index is 0.0333. The van der Waals surface area contributed by atoms with Gasteiger partial charge in [0.25, 0.3) is 0 Å². The molecule has 4 heteroatoms. The van der Waals surface area contributed by atoms with E-state index in [-0.39, 0.29) is 23.5 Å². The van der Waals surface area contributed by atoms with Crippen LogP contribution in [0, 0.1) is 29.1 Å². The van der Waals surface area contributed by atoms with Crippen molar-refractivity contribution in [1.29, 1.82) is 0 Å². The third-order valence-electron chi connectivity index (χ3n) is 7.40. The van der Waals surface area contributed by atoms with Crippen molar-refractivity contribution in [1.82, 2.24) is 0 Å². The van der Waals surface area contributed by atoms with Crippen LogP contribution in [-0.4, -0.2) is 18.0 Å². The van der Waals surface area contributed by atoms with Crippen molar-refractivity contribution in [2.45, 2.75) is 72.8 Å². The molecule has 3 aliphatic carbocycles. The first-order valence-corrected chi connectivity index (χ1v) is 9.98. The van der Waals surface area contributed by atoms with Gasteiger partial charge in [-0.3, -0.25) is 9.59 Å². The van der Waals surface area contributed by atoms with Gasteiger partial charge in [-0.05, 0) is 67.9 Å². The molecule has 0 N–H and O–H groups in total. The molecule has 0 spiro atoms. The lowest BCUT2D eigenvalue weighted by molar-refractivity contribution is -0.160. The average molecular weight is 360 g/mol. The summed E-state index contributed by atoms with van der Waals surface area (Å²) in [5.41, 5.74) is 1.39. The number of rotatable bonds is 3. The van der Waals surface area contributed by atoms with E-state index in [1.165, 1.54) is 25.8 Å². The molecule has 0 saturated heterocycles. The lowest BCUT2D eigenvalue weighted by atomic mass is 9.52. The second-order valence-corrected chi connectivity index (χ2v) is 8.70. The summed E-state index contributed by atoms with van der Waals surface area (Å²) >= 11 is 0.